The van der Waals surface area contributed by atoms with Crippen LogP contribution in [-0.2, 0) is 33.1 Å². The Morgan fingerprint density at radius 2 is 0.870 bits per heavy atom. The van der Waals surface area contributed by atoms with Crippen molar-refractivity contribution in [3.05, 3.63) is 119 Å². The number of rotatable bonds is 16. The standard InChI is InChI=1S/2C25H35N3O3S.4ClH.H2O/c2*1-31-24-15-14-22(28(32(2,29)30)21-11-6-7-12-21)17-20(24)18-27-23-13-8-16-26-25(23)19-9-4-3-5-10-19;;;;;/h2*3-5,9-10,14-15,17,21,23,25-27H,6-8,11-13,16,18H2,1-2H3;4*1H;1H2. The third-order valence-electron chi connectivity index (χ3n) is 13.4. The Morgan fingerprint density at radius 1 is 0.522 bits per heavy atom. The molecule has 4 aromatic carbocycles. The van der Waals surface area contributed by atoms with Gasteiger partial charge in [-0.05, 0) is 112 Å². The van der Waals surface area contributed by atoms with E-state index in [1.807, 2.05) is 48.5 Å². The average molecular weight is 1080 g/mol. The summed E-state index contributed by atoms with van der Waals surface area (Å²) in [5.74, 6) is 1.56. The fraction of sp³-hybridized carbons (Fsp3) is 0.520. The topological polar surface area (TPSA) is 173 Å². The van der Waals surface area contributed by atoms with Gasteiger partial charge in [-0.2, -0.15) is 0 Å². The van der Waals surface area contributed by atoms with Gasteiger partial charge in [0.05, 0.1) is 38.1 Å². The van der Waals surface area contributed by atoms with Gasteiger partial charge in [0.1, 0.15) is 11.5 Å². The van der Waals surface area contributed by atoms with Crippen molar-refractivity contribution in [3.63, 3.8) is 0 Å². The molecule has 8 rings (SSSR count). The van der Waals surface area contributed by atoms with E-state index in [2.05, 4.69) is 69.8 Å². The molecule has 2 heterocycles. The van der Waals surface area contributed by atoms with Crippen molar-refractivity contribution >= 4 is 81.0 Å². The first-order valence-electron chi connectivity index (χ1n) is 23.3. The molecule has 4 unspecified atom stereocenters. The summed E-state index contributed by atoms with van der Waals surface area (Å²) in [4.78, 5) is 0. The molecule has 0 aromatic heterocycles. The second-order valence-corrected chi connectivity index (χ2v) is 21.6. The number of ether oxygens (including phenoxy) is 2. The Morgan fingerprint density at radius 3 is 1.19 bits per heavy atom. The molecule has 2 saturated carbocycles. The largest absolute Gasteiger partial charge is 0.496 e. The fourth-order valence-corrected chi connectivity index (χ4v) is 12.9. The lowest BCUT2D eigenvalue weighted by atomic mass is 9.92. The monoisotopic (exact) mass is 1080 g/mol. The lowest BCUT2D eigenvalue weighted by Gasteiger charge is -2.34. The lowest BCUT2D eigenvalue weighted by Crippen LogP contribution is -2.45. The zero-order valence-electron chi connectivity index (χ0n) is 40.3. The summed E-state index contributed by atoms with van der Waals surface area (Å²) in [6.07, 6.45) is 15.0. The van der Waals surface area contributed by atoms with E-state index in [-0.39, 0.29) is 79.3 Å². The summed E-state index contributed by atoms with van der Waals surface area (Å²) in [5, 5.41) is 14.8. The van der Waals surface area contributed by atoms with Gasteiger partial charge >= 0.3 is 0 Å². The number of hydrogen-bond acceptors (Lipinski definition) is 10. The molecule has 69 heavy (non-hydrogen) atoms. The number of nitrogens with one attached hydrogen (secondary N) is 4. The van der Waals surface area contributed by atoms with E-state index in [1.165, 1.54) is 23.6 Å². The third-order valence-corrected chi connectivity index (χ3v) is 15.9. The van der Waals surface area contributed by atoms with Crippen molar-refractivity contribution in [2.24, 2.45) is 0 Å². The first-order valence-corrected chi connectivity index (χ1v) is 27.0. The highest BCUT2D eigenvalue weighted by molar-refractivity contribution is 7.92. The van der Waals surface area contributed by atoms with E-state index in [0.717, 1.165) is 124 Å². The van der Waals surface area contributed by atoms with Crippen LogP contribution < -0.4 is 39.4 Å². The van der Waals surface area contributed by atoms with Crippen molar-refractivity contribution in [2.75, 3.05) is 48.4 Å². The van der Waals surface area contributed by atoms with Crippen LogP contribution in [0.25, 0.3) is 0 Å². The minimum atomic E-state index is -3.36. The Bertz CT molecular complexity index is 2170. The van der Waals surface area contributed by atoms with Gasteiger partial charge in [-0.3, -0.25) is 8.61 Å². The molecule has 0 radical (unpaired) electrons. The number of anilines is 2. The van der Waals surface area contributed by atoms with Crippen LogP contribution in [0.15, 0.2) is 97.1 Å². The summed E-state index contributed by atoms with van der Waals surface area (Å²) < 4.78 is 65.1. The van der Waals surface area contributed by atoms with Crippen molar-refractivity contribution in [1.82, 2.24) is 21.3 Å². The van der Waals surface area contributed by atoms with E-state index in [4.69, 9.17) is 9.47 Å². The van der Waals surface area contributed by atoms with Crippen LogP contribution in [0.3, 0.4) is 0 Å². The van der Waals surface area contributed by atoms with E-state index < -0.39 is 20.0 Å². The maximum Gasteiger partial charge on any atom is 0.232 e. The van der Waals surface area contributed by atoms with Crippen LogP contribution >= 0.6 is 49.6 Å². The second kappa shape index (κ2) is 29.5. The number of nitrogens with zero attached hydrogens (tertiary/aromatic N) is 2. The summed E-state index contributed by atoms with van der Waals surface area (Å²) >= 11 is 0. The molecule has 4 atom stereocenters. The lowest BCUT2D eigenvalue weighted by molar-refractivity contribution is 0.303. The number of benzene rings is 4. The zero-order valence-corrected chi connectivity index (χ0v) is 45.2. The molecule has 19 heteroatoms. The van der Waals surface area contributed by atoms with E-state index in [1.54, 1.807) is 22.8 Å². The number of hydrogen-bond donors (Lipinski definition) is 4. The predicted molar refractivity (Wildman–Crippen MR) is 292 cm³/mol. The quantitative estimate of drug-likeness (QED) is 0.0850. The summed E-state index contributed by atoms with van der Waals surface area (Å²) in [6, 6.07) is 33.8. The molecular formula is C50H76Cl4N6O7S2. The third kappa shape index (κ3) is 16.5. The second-order valence-electron chi connectivity index (χ2n) is 17.9. The van der Waals surface area contributed by atoms with Crippen LogP contribution in [0, 0.1) is 0 Å². The summed E-state index contributed by atoms with van der Waals surface area (Å²) in [7, 11) is -3.38. The van der Waals surface area contributed by atoms with Crippen LogP contribution in [0.4, 0.5) is 11.4 Å². The van der Waals surface area contributed by atoms with Crippen LogP contribution in [0.1, 0.15) is 111 Å². The number of sulfonamides is 2. The highest BCUT2D eigenvalue weighted by atomic mass is 35.5. The normalized spacial score (nSPS) is 20.5. The van der Waals surface area contributed by atoms with Crippen LogP contribution in [0.2, 0.25) is 0 Å². The van der Waals surface area contributed by atoms with E-state index in [9.17, 15) is 16.8 Å². The molecule has 0 bridgehead atoms. The van der Waals surface area contributed by atoms with Crippen LogP contribution in [-0.4, -0.2) is 86.3 Å². The van der Waals surface area contributed by atoms with Gasteiger partial charge in [-0.1, -0.05) is 86.3 Å². The first kappa shape index (κ1) is 62.1. The number of halogens is 4. The molecule has 4 fully saturated rings. The van der Waals surface area contributed by atoms with Crippen molar-refractivity contribution in [1.29, 1.82) is 0 Å². The average Bonchev–Trinajstić information content (AvgIpc) is 4.04. The molecular weight excluding hydrogens is 1000 g/mol. The minimum Gasteiger partial charge on any atom is -0.496 e. The molecule has 2 aliphatic carbocycles. The van der Waals surface area contributed by atoms with Crippen LogP contribution in [0.5, 0.6) is 11.5 Å². The van der Waals surface area contributed by atoms with Gasteiger partial charge in [0.2, 0.25) is 20.0 Å². The molecule has 0 spiro atoms. The van der Waals surface area contributed by atoms with Gasteiger partial charge in [0.15, 0.2) is 0 Å². The van der Waals surface area contributed by atoms with E-state index >= 15 is 0 Å². The molecule has 2 saturated heterocycles. The zero-order chi connectivity index (χ0) is 45.1. The molecule has 4 aliphatic rings. The highest BCUT2D eigenvalue weighted by Crippen LogP contribution is 2.36. The molecule has 6 N–H and O–H groups in total. The molecule has 388 valence electrons. The van der Waals surface area contributed by atoms with Crippen molar-refractivity contribution in [2.45, 2.75) is 126 Å². The molecule has 13 nitrogen and oxygen atoms in total. The van der Waals surface area contributed by atoms with Gasteiger partial charge < -0.3 is 36.2 Å². The Hall–Kier alpha value is -3.06. The van der Waals surface area contributed by atoms with Gasteiger partial charge in [-0.15, -0.1) is 49.6 Å². The first-order chi connectivity index (χ1) is 30.9. The SMILES string of the molecule is COc1ccc(N(C2CCCC2)S(C)(=O)=O)cc1CNC1CCCNC1c1ccccc1.COc1ccc(N(C2CCCC2)S(C)(=O)=O)cc1CNC1CCCNC1c1ccccc1.Cl.Cl.Cl.Cl.O. The maximum absolute atomic E-state index is 12.7. The van der Waals surface area contributed by atoms with Gasteiger partial charge in [0.25, 0.3) is 0 Å². The highest BCUT2D eigenvalue weighted by Gasteiger charge is 2.33. The Kier molecular flexibility index (Phi) is 26.5. The predicted octanol–water partition coefficient (Wildman–Crippen LogP) is 8.84. The van der Waals surface area contributed by atoms with Crippen molar-refractivity contribution in [3.8, 4) is 11.5 Å². The number of methoxy groups -OCH3 is 2. The smallest absolute Gasteiger partial charge is 0.232 e. The fourth-order valence-electron chi connectivity index (χ4n) is 10.4. The Labute approximate surface area is 437 Å². The van der Waals surface area contributed by atoms with Gasteiger partial charge in [0, 0.05) is 60.5 Å². The molecule has 2 aliphatic heterocycles. The summed E-state index contributed by atoms with van der Waals surface area (Å²) in [5.41, 5.74) is 6.00. The van der Waals surface area contributed by atoms with Gasteiger partial charge in [-0.25, -0.2) is 16.8 Å². The Balaban J connectivity index is 0.000000441. The van der Waals surface area contributed by atoms with Crippen molar-refractivity contribution < 1.29 is 31.8 Å². The number of piperidine rings is 2. The summed E-state index contributed by atoms with van der Waals surface area (Å²) in [6.45, 7) is 3.27. The molecule has 0 amide bonds. The maximum atomic E-state index is 12.7. The van der Waals surface area contributed by atoms with E-state index in [0.29, 0.717) is 25.2 Å². The minimum absolute atomic E-state index is 0. The molecule has 4 aromatic rings.